The summed E-state index contributed by atoms with van der Waals surface area (Å²) in [6.45, 7) is 0. The van der Waals surface area contributed by atoms with Gasteiger partial charge in [-0.2, -0.15) is 0 Å². The van der Waals surface area contributed by atoms with Gasteiger partial charge in [0.2, 0.25) is 0 Å². The molecule has 1 N–H and O–H groups in total. The van der Waals surface area contributed by atoms with Gasteiger partial charge in [-0.3, -0.25) is 4.31 Å². The van der Waals surface area contributed by atoms with Gasteiger partial charge < -0.3 is 5.11 Å². The lowest BCUT2D eigenvalue weighted by atomic mass is 10.3. The number of sulfonamides is 1. The average Bonchev–Trinajstić information content (AvgIpc) is 2.44. The molecule has 106 valence electrons. The molecule has 0 spiro atoms. The molecule has 2 rings (SSSR count). The fourth-order valence-electron chi connectivity index (χ4n) is 1.62. The van der Waals surface area contributed by atoms with Crippen molar-refractivity contribution < 1.29 is 13.5 Å². The second-order valence-electron chi connectivity index (χ2n) is 4.04. The predicted octanol–water partition coefficient (Wildman–Crippen LogP) is 3.52. The summed E-state index contributed by atoms with van der Waals surface area (Å²) < 4.78 is 25.9. The fourth-order valence-corrected chi connectivity index (χ4v) is 3.30. The lowest BCUT2D eigenvalue weighted by Gasteiger charge is -2.20. The maximum Gasteiger partial charge on any atom is 0.264 e. The molecule has 0 radical (unpaired) electrons. The van der Waals surface area contributed by atoms with E-state index in [1.807, 2.05) is 0 Å². The van der Waals surface area contributed by atoms with Crippen molar-refractivity contribution in [3.63, 3.8) is 0 Å². The first-order valence-corrected chi connectivity index (χ1v) is 7.75. The van der Waals surface area contributed by atoms with E-state index in [0.29, 0.717) is 0 Å². The van der Waals surface area contributed by atoms with Crippen LogP contribution in [0.2, 0.25) is 10.0 Å². The molecule has 0 aromatic heterocycles. The number of anilines is 1. The first-order valence-electron chi connectivity index (χ1n) is 5.56. The van der Waals surface area contributed by atoms with Gasteiger partial charge in [-0.05, 0) is 24.3 Å². The molecule has 7 heteroatoms. The molecule has 0 atom stereocenters. The van der Waals surface area contributed by atoms with Crippen LogP contribution in [0.5, 0.6) is 5.75 Å². The number of nitrogens with zero attached hydrogens (tertiary/aromatic N) is 1. The Morgan fingerprint density at radius 3 is 2.05 bits per heavy atom. The van der Waals surface area contributed by atoms with E-state index in [9.17, 15) is 13.5 Å². The number of aromatic hydroxyl groups is 1. The Labute approximate surface area is 127 Å². The molecule has 20 heavy (non-hydrogen) atoms. The Hall–Kier alpha value is -1.43. The fraction of sp³-hybridized carbons (Fsp3) is 0.0769. The molecule has 0 amide bonds. The minimum Gasteiger partial charge on any atom is -0.505 e. The van der Waals surface area contributed by atoms with Crippen molar-refractivity contribution in [2.75, 3.05) is 11.4 Å². The highest BCUT2D eigenvalue weighted by molar-refractivity contribution is 7.92. The lowest BCUT2D eigenvalue weighted by molar-refractivity contribution is 0.476. The zero-order valence-electron chi connectivity index (χ0n) is 10.4. The van der Waals surface area contributed by atoms with Crippen LogP contribution in [0.4, 0.5) is 5.69 Å². The van der Waals surface area contributed by atoms with Crippen molar-refractivity contribution in [3.05, 3.63) is 52.5 Å². The highest BCUT2D eigenvalue weighted by Crippen LogP contribution is 2.36. The van der Waals surface area contributed by atoms with Gasteiger partial charge in [0.1, 0.15) is 0 Å². The smallest absolute Gasteiger partial charge is 0.264 e. The van der Waals surface area contributed by atoms with Crippen LogP contribution in [-0.4, -0.2) is 20.6 Å². The standard InChI is InChI=1S/C13H11Cl2NO3S/c1-16(9-7-11(14)13(17)12(15)8-9)20(18,19)10-5-3-2-4-6-10/h2-8,17H,1H3. The third-order valence-corrected chi connectivity index (χ3v) is 5.14. The van der Waals surface area contributed by atoms with Gasteiger partial charge >= 0.3 is 0 Å². The molecule has 0 saturated carbocycles. The number of rotatable bonds is 3. The Morgan fingerprint density at radius 2 is 1.55 bits per heavy atom. The highest BCUT2D eigenvalue weighted by Gasteiger charge is 2.22. The molecule has 0 aliphatic heterocycles. The van der Waals surface area contributed by atoms with Crippen LogP contribution in [-0.2, 0) is 10.0 Å². The lowest BCUT2D eigenvalue weighted by Crippen LogP contribution is -2.26. The molecule has 0 unspecified atom stereocenters. The van der Waals surface area contributed by atoms with Crippen molar-refractivity contribution in [2.24, 2.45) is 0 Å². The van der Waals surface area contributed by atoms with Crippen LogP contribution in [0, 0.1) is 0 Å². The molecular weight excluding hydrogens is 321 g/mol. The molecule has 0 heterocycles. The molecule has 2 aromatic rings. The molecule has 0 saturated heterocycles. The van der Waals surface area contributed by atoms with E-state index in [1.165, 1.54) is 31.3 Å². The average molecular weight is 332 g/mol. The minimum atomic E-state index is -3.70. The summed E-state index contributed by atoms with van der Waals surface area (Å²) in [5.74, 6) is -0.275. The van der Waals surface area contributed by atoms with Crippen LogP contribution in [0.15, 0.2) is 47.4 Å². The monoisotopic (exact) mass is 331 g/mol. The summed E-state index contributed by atoms with van der Waals surface area (Å²) in [7, 11) is -2.31. The second kappa shape index (κ2) is 5.52. The van der Waals surface area contributed by atoms with Crippen LogP contribution in [0.25, 0.3) is 0 Å². The van der Waals surface area contributed by atoms with E-state index in [2.05, 4.69) is 0 Å². The predicted molar refractivity (Wildman–Crippen MR) is 80.2 cm³/mol. The van der Waals surface area contributed by atoms with E-state index in [4.69, 9.17) is 23.2 Å². The van der Waals surface area contributed by atoms with E-state index in [1.54, 1.807) is 18.2 Å². The van der Waals surface area contributed by atoms with Crippen LogP contribution in [0.3, 0.4) is 0 Å². The third-order valence-electron chi connectivity index (χ3n) is 2.77. The number of phenols is 1. The van der Waals surface area contributed by atoms with Gasteiger partial charge in [-0.1, -0.05) is 41.4 Å². The number of hydrogen-bond donors (Lipinski definition) is 1. The van der Waals surface area contributed by atoms with Crippen LogP contribution >= 0.6 is 23.2 Å². The summed E-state index contributed by atoms with van der Waals surface area (Å²) in [4.78, 5) is 0.155. The number of hydrogen-bond acceptors (Lipinski definition) is 3. The van der Waals surface area contributed by atoms with E-state index in [-0.39, 0.29) is 26.4 Å². The van der Waals surface area contributed by atoms with Gasteiger partial charge in [-0.25, -0.2) is 8.42 Å². The normalized spacial score (nSPS) is 11.3. The summed E-state index contributed by atoms with van der Waals surface area (Å²) in [6.07, 6.45) is 0. The number of halogens is 2. The van der Waals surface area contributed by atoms with Gasteiger partial charge in [0.25, 0.3) is 10.0 Å². The molecular formula is C13H11Cl2NO3S. The molecule has 0 bridgehead atoms. The third kappa shape index (κ3) is 2.70. The Morgan fingerprint density at radius 1 is 1.05 bits per heavy atom. The SMILES string of the molecule is CN(c1cc(Cl)c(O)c(Cl)c1)S(=O)(=O)c1ccccc1. The molecule has 0 fully saturated rings. The zero-order chi connectivity index (χ0) is 14.9. The quantitative estimate of drug-likeness (QED) is 0.935. The number of phenolic OH excluding ortho intramolecular Hbond substituents is 1. The van der Waals surface area contributed by atoms with E-state index >= 15 is 0 Å². The molecule has 0 aliphatic carbocycles. The summed E-state index contributed by atoms with van der Waals surface area (Å²) in [6, 6.07) is 10.7. The van der Waals surface area contributed by atoms with Crippen LogP contribution < -0.4 is 4.31 Å². The summed E-state index contributed by atoms with van der Waals surface area (Å²) in [5.41, 5.74) is 0.265. The topological polar surface area (TPSA) is 57.6 Å². The maximum atomic E-state index is 12.4. The Bertz CT molecular complexity index is 710. The van der Waals surface area contributed by atoms with E-state index in [0.717, 1.165) is 4.31 Å². The molecule has 2 aromatic carbocycles. The van der Waals surface area contributed by atoms with Crippen LogP contribution in [0.1, 0.15) is 0 Å². The van der Waals surface area contributed by atoms with Crippen molar-refractivity contribution in [2.45, 2.75) is 4.90 Å². The molecule has 0 aliphatic rings. The van der Waals surface area contributed by atoms with Gasteiger partial charge in [-0.15, -0.1) is 0 Å². The Balaban J connectivity index is 2.49. The first-order chi connectivity index (χ1) is 9.34. The first kappa shape index (κ1) is 15.0. The van der Waals surface area contributed by atoms with Crippen molar-refractivity contribution >= 4 is 38.9 Å². The van der Waals surface area contributed by atoms with Crippen molar-refractivity contribution in [3.8, 4) is 5.75 Å². The van der Waals surface area contributed by atoms with Gasteiger partial charge in [0.15, 0.2) is 5.75 Å². The van der Waals surface area contributed by atoms with Crippen molar-refractivity contribution in [1.82, 2.24) is 0 Å². The summed E-state index contributed by atoms with van der Waals surface area (Å²) >= 11 is 11.6. The minimum absolute atomic E-state index is 0.0115. The van der Waals surface area contributed by atoms with E-state index < -0.39 is 10.0 Å². The second-order valence-corrected chi connectivity index (χ2v) is 6.83. The van der Waals surface area contributed by atoms with Crippen molar-refractivity contribution in [1.29, 1.82) is 0 Å². The zero-order valence-corrected chi connectivity index (χ0v) is 12.7. The molecule has 4 nitrogen and oxygen atoms in total. The summed E-state index contributed by atoms with van der Waals surface area (Å²) in [5, 5.41) is 9.48. The largest absolute Gasteiger partial charge is 0.505 e. The maximum absolute atomic E-state index is 12.4. The Kier molecular flexibility index (Phi) is 4.13. The van der Waals surface area contributed by atoms with Gasteiger partial charge in [0.05, 0.1) is 20.6 Å². The highest BCUT2D eigenvalue weighted by atomic mass is 35.5. The van der Waals surface area contributed by atoms with Gasteiger partial charge in [0, 0.05) is 7.05 Å². The number of benzene rings is 2.